The number of nitrogens with one attached hydrogen (secondary N) is 2. The summed E-state index contributed by atoms with van der Waals surface area (Å²) in [6, 6.07) is 16.9. The molecule has 6 heteroatoms. The van der Waals surface area contributed by atoms with Gasteiger partial charge in [0.05, 0.1) is 13.7 Å². The van der Waals surface area contributed by atoms with Crippen LogP contribution in [0.4, 0.5) is 16.2 Å². The lowest BCUT2D eigenvalue weighted by Crippen LogP contribution is -2.22. The van der Waals surface area contributed by atoms with Gasteiger partial charge in [0.15, 0.2) is 5.96 Å². The van der Waals surface area contributed by atoms with Crippen LogP contribution in [-0.2, 0) is 11.3 Å². The van der Waals surface area contributed by atoms with Crippen LogP contribution >= 0.6 is 0 Å². The highest BCUT2D eigenvalue weighted by molar-refractivity contribution is 5.92. The van der Waals surface area contributed by atoms with E-state index in [1.54, 1.807) is 12.1 Å². The molecule has 0 aromatic heterocycles. The molecule has 0 aliphatic heterocycles. The number of para-hydroxylation sites is 1. The number of aliphatic imine (C=N–C) groups is 1. The molecule has 6 nitrogen and oxygen atoms in total. The number of carbonyl (C=O) groups excluding carboxylic acids is 1. The normalized spacial score (nSPS) is 10.9. The topological polar surface area (TPSA) is 88.7 Å². The Labute approximate surface area is 129 Å². The maximum Gasteiger partial charge on any atom is 0.411 e. The van der Waals surface area contributed by atoms with Gasteiger partial charge in [-0.15, -0.1) is 0 Å². The Morgan fingerprint density at radius 3 is 2.32 bits per heavy atom. The molecule has 2 aromatic rings. The number of rotatable bonds is 4. The molecule has 0 saturated heterocycles. The zero-order valence-electron chi connectivity index (χ0n) is 12.2. The molecule has 0 atom stereocenters. The molecule has 0 saturated carbocycles. The van der Waals surface area contributed by atoms with E-state index in [2.05, 4.69) is 20.4 Å². The highest BCUT2D eigenvalue weighted by Gasteiger charge is 2.00. The quantitative estimate of drug-likeness (QED) is 0.598. The number of nitrogens with zero attached hydrogens (tertiary/aromatic N) is 1. The summed E-state index contributed by atoms with van der Waals surface area (Å²) in [5.74, 6) is 0.350. The summed E-state index contributed by atoms with van der Waals surface area (Å²) in [6.07, 6.45) is -0.498. The summed E-state index contributed by atoms with van der Waals surface area (Å²) in [5.41, 5.74) is 8.36. The monoisotopic (exact) mass is 298 g/mol. The average Bonchev–Trinajstić information content (AvgIpc) is 2.55. The first-order valence-corrected chi connectivity index (χ1v) is 6.73. The maximum atomic E-state index is 11.1. The number of ether oxygens (including phenoxy) is 1. The second-order valence-electron chi connectivity index (χ2n) is 4.51. The SMILES string of the molecule is COC(=O)Nc1ccc(CN=C(N)Nc2ccccc2)cc1. The lowest BCUT2D eigenvalue weighted by molar-refractivity contribution is 0.187. The first-order chi connectivity index (χ1) is 10.7. The molecule has 0 unspecified atom stereocenters. The molecule has 0 aliphatic rings. The van der Waals surface area contributed by atoms with Crippen molar-refractivity contribution in [1.29, 1.82) is 0 Å². The molecule has 0 fully saturated rings. The van der Waals surface area contributed by atoms with E-state index in [0.29, 0.717) is 18.2 Å². The number of benzene rings is 2. The molecule has 0 spiro atoms. The molecule has 22 heavy (non-hydrogen) atoms. The molecule has 1 amide bonds. The van der Waals surface area contributed by atoms with Gasteiger partial charge in [-0.25, -0.2) is 9.79 Å². The number of methoxy groups -OCH3 is 1. The van der Waals surface area contributed by atoms with Crippen LogP contribution in [0.5, 0.6) is 0 Å². The molecule has 0 heterocycles. The predicted molar refractivity (Wildman–Crippen MR) is 87.9 cm³/mol. The van der Waals surface area contributed by atoms with E-state index in [0.717, 1.165) is 11.3 Å². The second-order valence-corrected chi connectivity index (χ2v) is 4.51. The van der Waals surface area contributed by atoms with Crippen molar-refractivity contribution in [2.75, 3.05) is 17.7 Å². The number of nitrogens with two attached hydrogens (primary N) is 1. The summed E-state index contributed by atoms with van der Waals surface area (Å²) < 4.78 is 4.52. The smallest absolute Gasteiger partial charge is 0.411 e. The molecule has 0 bridgehead atoms. The number of hydrogen-bond acceptors (Lipinski definition) is 3. The largest absolute Gasteiger partial charge is 0.453 e. The van der Waals surface area contributed by atoms with Gasteiger partial charge in [0.2, 0.25) is 0 Å². The van der Waals surface area contributed by atoms with Crippen LogP contribution in [-0.4, -0.2) is 19.2 Å². The van der Waals surface area contributed by atoms with Crippen molar-refractivity contribution >= 4 is 23.4 Å². The van der Waals surface area contributed by atoms with Crippen LogP contribution in [0.1, 0.15) is 5.56 Å². The van der Waals surface area contributed by atoms with Crippen LogP contribution in [0, 0.1) is 0 Å². The van der Waals surface area contributed by atoms with E-state index < -0.39 is 6.09 Å². The Balaban J connectivity index is 1.90. The van der Waals surface area contributed by atoms with Gasteiger partial charge < -0.3 is 15.8 Å². The van der Waals surface area contributed by atoms with Crippen LogP contribution in [0.15, 0.2) is 59.6 Å². The zero-order chi connectivity index (χ0) is 15.8. The van der Waals surface area contributed by atoms with Gasteiger partial charge in [0.1, 0.15) is 0 Å². The number of carbonyl (C=O) groups is 1. The number of anilines is 2. The zero-order valence-corrected chi connectivity index (χ0v) is 12.2. The van der Waals surface area contributed by atoms with Gasteiger partial charge in [-0.2, -0.15) is 0 Å². The van der Waals surface area contributed by atoms with Crippen LogP contribution in [0.3, 0.4) is 0 Å². The summed E-state index contributed by atoms with van der Waals surface area (Å²) in [7, 11) is 1.32. The van der Waals surface area contributed by atoms with Crippen molar-refractivity contribution in [3.8, 4) is 0 Å². The van der Waals surface area contributed by atoms with E-state index in [4.69, 9.17) is 5.73 Å². The van der Waals surface area contributed by atoms with Crippen molar-refractivity contribution in [2.45, 2.75) is 6.54 Å². The van der Waals surface area contributed by atoms with Gasteiger partial charge in [0.25, 0.3) is 0 Å². The summed E-state index contributed by atoms with van der Waals surface area (Å²) >= 11 is 0. The molecule has 0 radical (unpaired) electrons. The third-order valence-electron chi connectivity index (χ3n) is 2.86. The molecular formula is C16H18N4O2. The number of guanidine groups is 1. The Kier molecular flexibility index (Phi) is 5.37. The summed E-state index contributed by atoms with van der Waals surface area (Å²) in [4.78, 5) is 15.3. The predicted octanol–water partition coefficient (Wildman–Crippen LogP) is 2.79. The summed E-state index contributed by atoms with van der Waals surface area (Å²) in [6.45, 7) is 0.449. The van der Waals surface area contributed by atoms with Crippen molar-refractivity contribution in [3.05, 3.63) is 60.2 Å². The third kappa shape index (κ3) is 4.82. The number of hydrogen-bond donors (Lipinski definition) is 3. The van der Waals surface area contributed by atoms with E-state index >= 15 is 0 Å². The lowest BCUT2D eigenvalue weighted by atomic mass is 10.2. The van der Waals surface area contributed by atoms with Gasteiger partial charge in [-0.3, -0.25) is 5.32 Å². The molecule has 2 aromatic carbocycles. The van der Waals surface area contributed by atoms with Crippen LogP contribution in [0.25, 0.3) is 0 Å². The van der Waals surface area contributed by atoms with Crippen molar-refractivity contribution < 1.29 is 9.53 Å². The second kappa shape index (κ2) is 7.68. The molecule has 4 N–H and O–H groups in total. The first-order valence-electron chi connectivity index (χ1n) is 6.73. The fourth-order valence-corrected chi connectivity index (χ4v) is 1.75. The maximum absolute atomic E-state index is 11.1. The Hall–Kier alpha value is -3.02. The number of amides is 1. The van der Waals surface area contributed by atoms with Crippen LogP contribution < -0.4 is 16.4 Å². The van der Waals surface area contributed by atoms with Crippen molar-refractivity contribution in [2.24, 2.45) is 10.7 Å². The molecule has 0 aliphatic carbocycles. The Morgan fingerprint density at radius 1 is 1.05 bits per heavy atom. The molecule has 2 rings (SSSR count). The molecule has 114 valence electrons. The highest BCUT2D eigenvalue weighted by Crippen LogP contribution is 2.11. The highest BCUT2D eigenvalue weighted by atomic mass is 16.5. The van der Waals surface area contributed by atoms with E-state index in [1.165, 1.54) is 7.11 Å². The fourth-order valence-electron chi connectivity index (χ4n) is 1.75. The third-order valence-corrected chi connectivity index (χ3v) is 2.86. The van der Waals surface area contributed by atoms with Gasteiger partial charge in [0, 0.05) is 11.4 Å². The Morgan fingerprint density at radius 2 is 1.68 bits per heavy atom. The minimum absolute atomic E-state index is 0.350. The van der Waals surface area contributed by atoms with Gasteiger partial charge >= 0.3 is 6.09 Å². The van der Waals surface area contributed by atoms with E-state index in [1.807, 2.05) is 42.5 Å². The minimum atomic E-state index is -0.498. The van der Waals surface area contributed by atoms with E-state index in [-0.39, 0.29) is 0 Å². The van der Waals surface area contributed by atoms with Crippen LogP contribution in [0.2, 0.25) is 0 Å². The lowest BCUT2D eigenvalue weighted by Gasteiger charge is -2.06. The van der Waals surface area contributed by atoms with E-state index in [9.17, 15) is 4.79 Å². The fraction of sp³-hybridized carbons (Fsp3) is 0.125. The standard InChI is InChI=1S/C16H18N4O2/c1-22-16(21)20-14-9-7-12(8-10-14)11-18-15(17)19-13-5-3-2-4-6-13/h2-10H,11H2,1H3,(H,20,21)(H3,17,18,19). The van der Waals surface area contributed by atoms with Gasteiger partial charge in [-0.05, 0) is 29.8 Å². The first kappa shape index (κ1) is 15.4. The summed E-state index contributed by atoms with van der Waals surface area (Å²) in [5, 5.41) is 5.59. The Bertz CT molecular complexity index is 639. The van der Waals surface area contributed by atoms with Crippen molar-refractivity contribution in [1.82, 2.24) is 0 Å². The minimum Gasteiger partial charge on any atom is -0.453 e. The van der Waals surface area contributed by atoms with Crippen molar-refractivity contribution in [3.63, 3.8) is 0 Å². The van der Waals surface area contributed by atoms with Gasteiger partial charge in [-0.1, -0.05) is 30.3 Å². The molecular weight excluding hydrogens is 280 g/mol. The average molecular weight is 298 g/mol.